The van der Waals surface area contributed by atoms with Crippen LogP contribution in [0.3, 0.4) is 0 Å². The van der Waals surface area contributed by atoms with Crippen molar-refractivity contribution >= 4 is 5.97 Å². The first-order valence-corrected chi connectivity index (χ1v) is 5.60. The van der Waals surface area contributed by atoms with Gasteiger partial charge in [0.2, 0.25) is 0 Å². The lowest BCUT2D eigenvalue weighted by atomic mass is 10.1. The van der Waals surface area contributed by atoms with E-state index < -0.39 is 23.7 Å². The fraction of sp³-hybridized carbons (Fsp3) is 0.154. The molecule has 0 radical (unpaired) electrons. The summed E-state index contributed by atoms with van der Waals surface area (Å²) in [4.78, 5) is 18.0. The molecule has 110 valence electrons. The first kappa shape index (κ1) is 14.9. The lowest BCUT2D eigenvalue weighted by Crippen LogP contribution is -2.09. The minimum absolute atomic E-state index is 0.0683. The predicted octanol–water partition coefficient (Wildman–Crippen LogP) is 3.09. The normalized spacial score (nSPS) is 11.3. The maximum Gasteiger partial charge on any atom is 0.434 e. The van der Waals surface area contributed by atoms with Gasteiger partial charge in [0.05, 0.1) is 30.8 Å². The molecule has 0 aliphatic rings. The van der Waals surface area contributed by atoms with Crippen molar-refractivity contribution in [2.24, 2.45) is 0 Å². The first-order chi connectivity index (χ1) is 9.82. The zero-order chi connectivity index (χ0) is 15.6. The zero-order valence-electron chi connectivity index (χ0n) is 10.6. The lowest BCUT2D eigenvalue weighted by molar-refractivity contribution is -0.141. The van der Waals surface area contributed by atoms with E-state index in [-0.39, 0.29) is 16.8 Å². The van der Waals surface area contributed by atoms with Crippen LogP contribution in [0.1, 0.15) is 16.1 Å². The number of benzene rings is 1. The summed E-state index contributed by atoms with van der Waals surface area (Å²) in [5.74, 6) is -1.80. The van der Waals surface area contributed by atoms with E-state index in [4.69, 9.17) is 0 Å². The van der Waals surface area contributed by atoms with Gasteiger partial charge in [0.15, 0.2) is 5.69 Å². The number of aromatic nitrogens is 2. The highest BCUT2D eigenvalue weighted by molar-refractivity contribution is 5.90. The van der Waals surface area contributed by atoms with E-state index in [1.165, 1.54) is 6.07 Å². The van der Waals surface area contributed by atoms with Crippen molar-refractivity contribution < 1.29 is 27.1 Å². The van der Waals surface area contributed by atoms with E-state index in [0.717, 1.165) is 25.4 Å². The Hall–Kier alpha value is -2.51. The van der Waals surface area contributed by atoms with Gasteiger partial charge in [-0.1, -0.05) is 6.07 Å². The molecule has 4 nitrogen and oxygen atoms in total. The minimum atomic E-state index is -4.65. The molecule has 0 amide bonds. The average Bonchev–Trinajstić information content (AvgIpc) is 2.45. The standard InChI is InChI=1S/C13H8F4N2O2/c1-21-12(20)8-3-2-7(4-9(8)14)10-5-18-6-11(19-10)13(15,16)17/h2-6H,1H3. The summed E-state index contributed by atoms with van der Waals surface area (Å²) in [5, 5.41) is 0. The molecule has 0 spiro atoms. The highest BCUT2D eigenvalue weighted by Gasteiger charge is 2.33. The number of carbonyl (C=O) groups excluding carboxylic acids is 1. The maximum atomic E-state index is 13.7. The van der Waals surface area contributed by atoms with Crippen molar-refractivity contribution in [2.75, 3.05) is 7.11 Å². The van der Waals surface area contributed by atoms with Crippen molar-refractivity contribution in [1.82, 2.24) is 9.97 Å². The van der Waals surface area contributed by atoms with E-state index in [1.807, 2.05) is 0 Å². The molecule has 0 unspecified atom stereocenters. The molecule has 2 aromatic rings. The van der Waals surface area contributed by atoms with Crippen LogP contribution in [0.15, 0.2) is 30.6 Å². The van der Waals surface area contributed by atoms with Gasteiger partial charge in [-0.25, -0.2) is 14.2 Å². The fourth-order valence-electron chi connectivity index (χ4n) is 1.59. The number of esters is 1. The molecule has 0 saturated carbocycles. The summed E-state index contributed by atoms with van der Waals surface area (Å²) in [6, 6.07) is 3.27. The molecule has 0 N–H and O–H groups in total. The summed E-state index contributed by atoms with van der Waals surface area (Å²) in [6.07, 6.45) is -3.00. The second-order valence-corrected chi connectivity index (χ2v) is 3.97. The molecular formula is C13H8F4N2O2. The van der Waals surface area contributed by atoms with Crippen LogP contribution in [-0.2, 0) is 10.9 Å². The first-order valence-electron chi connectivity index (χ1n) is 5.60. The Bertz CT molecular complexity index is 686. The van der Waals surface area contributed by atoms with Gasteiger partial charge in [-0.15, -0.1) is 0 Å². The summed E-state index contributed by atoms with van der Waals surface area (Å²) < 4.78 is 55.7. The van der Waals surface area contributed by atoms with Gasteiger partial charge in [-0.2, -0.15) is 13.2 Å². The Balaban J connectivity index is 2.44. The Morgan fingerprint density at radius 1 is 1.24 bits per heavy atom. The minimum Gasteiger partial charge on any atom is -0.465 e. The topological polar surface area (TPSA) is 52.1 Å². The zero-order valence-corrected chi connectivity index (χ0v) is 10.6. The highest BCUT2D eigenvalue weighted by atomic mass is 19.4. The van der Waals surface area contributed by atoms with Crippen LogP contribution in [0.5, 0.6) is 0 Å². The summed E-state index contributed by atoms with van der Waals surface area (Å²) >= 11 is 0. The van der Waals surface area contributed by atoms with Crippen LogP contribution in [0.4, 0.5) is 17.6 Å². The number of methoxy groups -OCH3 is 1. The molecule has 1 aromatic carbocycles. The van der Waals surface area contributed by atoms with Crippen LogP contribution in [0.25, 0.3) is 11.3 Å². The SMILES string of the molecule is COC(=O)c1ccc(-c2cncc(C(F)(F)F)n2)cc1F. The fourth-order valence-corrected chi connectivity index (χ4v) is 1.59. The number of halogens is 4. The van der Waals surface area contributed by atoms with Crippen LogP contribution >= 0.6 is 0 Å². The van der Waals surface area contributed by atoms with Crippen molar-refractivity contribution in [3.8, 4) is 11.3 Å². The molecule has 1 heterocycles. The summed E-state index contributed by atoms with van der Waals surface area (Å²) in [5.41, 5.74) is -1.59. The van der Waals surface area contributed by atoms with Gasteiger partial charge >= 0.3 is 12.1 Å². The molecule has 2 rings (SSSR count). The second kappa shape index (κ2) is 5.47. The Kier molecular flexibility index (Phi) is 3.88. The molecule has 21 heavy (non-hydrogen) atoms. The monoisotopic (exact) mass is 300 g/mol. The van der Waals surface area contributed by atoms with Gasteiger partial charge in [-0.05, 0) is 12.1 Å². The van der Waals surface area contributed by atoms with Crippen molar-refractivity contribution in [3.05, 3.63) is 47.7 Å². The van der Waals surface area contributed by atoms with Crippen LogP contribution in [0.2, 0.25) is 0 Å². The molecule has 0 saturated heterocycles. The van der Waals surface area contributed by atoms with Crippen molar-refractivity contribution in [2.45, 2.75) is 6.18 Å². The lowest BCUT2D eigenvalue weighted by Gasteiger charge is -2.08. The average molecular weight is 300 g/mol. The van der Waals surface area contributed by atoms with E-state index in [0.29, 0.717) is 6.20 Å². The maximum absolute atomic E-state index is 13.7. The highest BCUT2D eigenvalue weighted by Crippen LogP contribution is 2.29. The van der Waals surface area contributed by atoms with Crippen LogP contribution in [0, 0.1) is 5.82 Å². The molecule has 0 bridgehead atoms. The quantitative estimate of drug-likeness (QED) is 0.632. The van der Waals surface area contributed by atoms with E-state index in [2.05, 4.69) is 14.7 Å². The largest absolute Gasteiger partial charge is 0.465 e. The third kappa shape index (κ3) is 3.15. The molecule has 0 aliphatic carbocycles. The Labute approximate surface area is 116 Å². The van der Waals surface area contributed by atoms with Crippen LogP contribution < -0.4 is 0 Å². The van der Waals surface area contributed by atoms with E-state index in [1.54, 1.807) is 0 Å². The number of hydrogen-bond acceptors (Lipinski definition) is 4. The number of alkyl halides is 3. The van der Waals surface area contributed by atoms with Gasteiger partial charge in [-0.3, -0.25) is 4.98 Å². The number of hydrogen-bond donors (Lipinski definition) is 0. The molecule has 8 heteroatoms. The molecule has 0 fully saturated rings. The Morgan fingerprint density at radius 2 is 1.95 bits per heavy atom. The van der Waals surface area contributed by atoms with Crippen LogP contribution in [-0.4, -0.2) is 23.0 Å². The third-order valence-corrected chi connectivity index (χ3v) is 2.60. The Morgan fingerprint density at radius 3 is 2.52 bits per heavy atom. The van der Waals surface area contributed by atoms with Gasteiger partial charge < -0.3 is 4.74 Å². The summed E-state index contributed by atoms with van der Waals surface area (Å²) in [6.45, 7) is 0. The number of carbonyl (C=O) groups is 1. The van der Waals surface area contributed by atoms with Crippen molar-refractivity contribution in [1.29, 1.82) is 0 Å². The number of rotatable bonds is 2. The second-order valence-electron chi connectivity index (χ2n) is 3.97. The summed E-state index contributed by atoms with van der Waals surface area (Å²) in [7, 11) is 1.09. The molecule has 1 aromatic heterocycles. The van der Waals surface area contributed by atoms with Gasteiger partial charge in [0.25, 0.3) is 0 Å². The molecular weight excluding hydrogens is 292 g/mol. The predicted molar refractivity (Wildman–Crippen MR) is 63.8 cm³/mol. The van der Waals surface area contributed by atoms with Gasteiger partial charge in [0, 0.05) is 5.56 Å². The van der Waals surface area contributed by atoms with E-state index >= 15 is 0 Å². The number of ether oxygens (including phenoxy) is 1. The molecule has 0 aliphatic heterocycles. The van der Waals surface area contributed by atoms with Crippen molar-refractivity contribution in [3.63, 3.8) is 0 Å². The van der Waals surface area contributed by atoms with Gasteiger partial charge in [0.1, 0.15) is 5.82 Å². The number of nitrogens with zero attached hydrogens (tertiary/aromatic N) is 2. The smallest absolute Gasteiger partial charge is 0.434 e. The van der Waals surface area contributed by atoms with E-state index in [9.17, 15) is 22.4 Å². The third-order valence-electron chi connectivity index (χ3n) is 2.60. The molecule has 0 atom stereocenters.